The van der Waals surface area contributed by atoms with Crippen molar-refractivity contribution in [3.8, 4) is 0 Å². The first-order valence-corrected chi connectivity index (χ1v) is 20.1. The lowest BCUT2D eigenvalue weighted by Gasteiger charge is -2.43. The number of oxime groups is 1. The Hall–Kier alpha value is -2.61. The number of amides is 4. The molecule has 1 unspecified atom stereocenters. The van der Waals surface area contributed by atoms with Gasteiger partial charge in [-0.1, -0.05) is 57.6 Å². The molecule has 11 nitrogen and oxygen atoms in total. The highest BCUT2D eigenvalue weighted by Gasteiger charge is 2.35. The number of urea groups is 1. The minimum Gasteiger partial charge on any atom is -0.399 e. The summed E-state index contributed by atoms with van der Waals surface area (Å²) in [6.07, 6.45) is 3.12. The van der Waals surface area contributed by atoms with Gasteiger partial charge in [-0.25, -0.2) is 4.79 Å². The van der Waals surface area contributed by atoms with Gasteiger partial charge in [0.05, 0.1) is 22.3 Å². The fourth-order valence-corrected chi connectivity index (χ4v) is 8.88. The molecule has 51 heavy (non-hydrogen) atoms. The van der Waals surface area contributed by atoms with Gasteiger partial charge in [-0.2, -0.15) is 0 Å². The molecular formula is C35H44Cl4N6O5S. The van der Waals surface area contributed by atoms with Crippen LogP contribution in [0.4, 0.5) is 4.79 Å². The maximum absolute atomic E-state index is 13.5. The van der Waals surface area contributed by atoms with Crippen molar-refractivity contribution in [2.75, 3.05) is 84.6 Å². The maximum Gasteiger partial charge on any atom is 0.320 e. The van der Waals surface area contributed by atoms with E-state index < -0.39 is 10.8 Å². The minimum absolute atomic E-state index is 0.0654. The van der Waals surface area contributed by atoms with Crippen LogP contribution in [-0.4, -0.2) is 143 Å². The van der Waals surface area contributed by atoms with Crippen molar-refractivity contribution in [1.82, 2.24) is 24.5 Å². The van der Waals surface area contributed by atoms with Gasteiger partial charge in [0.15, 0.2) is 0 Å². The largest absolute Gasteiger partial charge is 0.399 e. The quantitative estimate of drug-likeness (QED) is 0.201. The standard InChI is InChI=1S/C35H44Cl4N6O5S/c1-41(34(47)25-18-26(36)21-27(37)19-25)22-32(40-50-2)29(24-4-5-30(38)31(39)20-24)8-13-42-11-6-28(7-12-42)45-10-3-9-44(35(45)48)23-33(46)43-14-16-51(49)17-15-43/h4-5,18-21,28-29H,3,6-17,22-23H2,1-2H3/b40-32+. The third-order valence-electron chi connectivity index (χ3n) is 9.74. The van der Waals surface area contributed by atoms with E-state index >= 15 is 0 Å². The highest BCUT2D eigenvalue weighted by molar-refractivity contribution is 7.85. The maximum atomic E-state index is 13.5. The molecule has 0 spiro atoms. The van der Waals surface area contributed by atoms with Crippen LogP contribution in [0.2, 0.25) is 20.1 Å². The van der Waals surface area contributed by atoms with Crippen LogP contribution >= 0.6 is 46.4 Å². The average Bonchev–Trinajstić information content (AvgIpc) is 3.10. The van der Waals surface area contributed by atoms with Crippen LogP contribution in [0.5, 0.6) is 0 Å². The van der Waals surface area contributed by atoms with Crippen LogP contribution < -0.4 is 0 Å². The van der Waals surface area contributed by atoms with Crippen molar-refractivity contribution >= 4 is 80.8 Å². The van der Waals surface area contributed by atoms with Gasteiger partial charge in [0.2, 0.25) is 5.91 Å². The molecule has 0 saturated carbocycles. The van der Waals surface area contributed by atoms with E-state index in [-0.39, 0.29) is 42.9 Å². The zero-order chi connectivity index (χ0) is 36.7. The summed E-state index contributed by atoms with van der Waals surface area (Å²) >= 11 is 25.1. The summed E-state index contributed by atoms with van der Waals surface area (Å²) in [5, 5.41) is 5.99. The Bertz CT molecular complexity index is 1610. The fourth-order valence-electron chi connectivity index (χ4n) is 6.99. The van der Waals surface area contributed by atoms with Crippen LogP contribution in [0.15, 0.2) is 41.6 Å². The summed E-state index contributed by atoms with van der Waals surface area (Å²) in [6, 6.07) is 10.3. The second kappa shape index (κ2) is 18.4. The van der Waals surface area contributed by atoms with Crippen LogP contribution in [-0.2, 0) is 20.4 Å². The van der Waals surface area contributed by atoms with Crippen LogP contribution in [0.25, 0.3) is 0 Å². The lowest BCUT2D eigenvalue weighted by atomic mass is 9.89. The number of piperidine rings is 1. The molecule has 16 heteroatoms. The number of benzene rings is 2. The second-order valence-electron chi connectivity index (χ2n) is 13.2. The fraction of sp³-hybridized carbons (Fsp3) is 0.543. The first-order valence-electron chi connectivity index (χ1n) is 17.1. The van der Waals surface area contributed by atoms with Crippen molar-refractivity contribution in [3.05, 3.63) is 67.6 Å². The van der Waals surface area contributed by atoms with Crippen LogP contribution in [0, 0.1) is 0 Å². The summed E-state index contributed by atoms with van der Waals surface area (Å²) in [5.74, 6) is 0.405. The van der Waals surface area contributed by atoms with Gasteiger partial charge in [-0.05, 0) is 68.1 Å². The van der Waals surface area contributed by atoms with Crippen molar-refractivity contribution in [2.24, 2.45) is 5.16 Å². The Morgan fingerprint density at radius 2 is 1.65 bits per heavy atom. The molecule has 2 aromatic rings. The van der Waals surface area contributed by atoms with E-state index in [0.29, 0.717) is 75.5 Å². The predicted octanol–water partition coefficient (Wildman–Crippen LogP) is 5.73. The van der Waals surface area contributed by atoms with Crippen molar-refractivity contribution < 1.29 is 23.4 Å². The van der Waals surface area contributed by atoms with Crippen molar-refractivity contribution in [2.45, 2.75) is 37.6 Å². The lowest BCUT2D eigenvalue weighted by molar-refractivity contribution is -0.131. The smallest absolute Gasteiger partial charge is 0.320 e. The third kappa shape index (κ3) is 10.5. The lowest BCUT2D eigenvalue weighted by Crippen LogP contribution is -2.57. The van der Waals surface area contributed by atoms with Crippen LogP contribution in [0.1, 0.15) is 47.5 Å². The second-order valence-corrected chi connectivity index (χ2v) is 16.5. The molecule has 1 atom stereocenters. The summed E-state index contributed by atoms with van der Waals surface area (Å²) < 4.78 is 11.7. The van der Waals surface area contributed by atoms with Crippen molar-refractivity contribution in [3.63, 3.8) is 0 Å². The summed E-state index contributed by atoms with van der Waals surface area (Å²) in [6.45, 7) is 4.79. The van der Waals surface area contributed by atoms with Gasteiger partial charge >= 0.3 is 6.03 Å². The van der Waals surface area contributed by atoms with E-state index in [9.17, 15) is 18.6 Å². The average molecular weight is 803 g/mol. The van der Waals surface area contributed by atoms with Gasteiger partial charge in [0.25, 0.3) is 5.91 Å². The summed E-state index contributed by atoms with van der Waals surface area (Å²) in [7, 11) is 2.30. The van der Waals surface area contributed by atoms with E-state index in [2.05, 4.69) is 10.1 Å². The molecule has 3 heterocycles. The molecule has 0 aromatic heterocycles. The van der Waals surface area contributed by atoms with Crippen LogP contribution in [0.3, 0.4) is 0 Å². The molecule has 5 rings (SSSR count). The highest BCUT2D eigenvalue weighted by atomic mass is 35.5. The molecule has 0 bridgehead atoms. The monoisotopic (exact) mass is 800 g/mol. The number of likely N-dealkylation sites (tertiary alicyclic amines) is 1. The Labute approximate surface area is 322 Å². The molecule has 3 aliphatic rings. The van der Waals surface area contributed by atoms with Gasteiger partial charge in [-0.3, -0.25) is 13.8 Å². The SMILES string of the molecule is CO/N=C(\CN(C)C(=O)c1cc(Cl)cc(Cl)c1)C(CCN1CCC(N2CCCN(CC(=O)N3CCS(=O)CC3)C2=O)CC1)c1ccc(Cl)c(Cl)c1. The van der Waals surface area contributed by atoms with E-state index in [1.54, 1.807) is 46.0 Å². The summed E-state index contributed by atoms with van der Waals surface area (Å²) in [4.78, 5) is 54.4. The molecule has 278 valence electrons. The van der Waals surface area contributed by atoms with Gasteiger partial charge in [-0.15, -0.1) is 0 Å². The number of hydrogen-bond donors (Lipinski definition) is 0. The Balaban J connectivity index is 1.21. The molecular weight excluding hydrogens is 758 g/mol. The van der Waals surface area contributed by atoms with E-state index in [0.717, 1.165) is 44.5 Å². The normalized spacial score (nSPS) is 19.0. The number of rotatable bonds is 12. The highest BCUT2D eigenvalue weighted by Crippen LogP contribution is 2.31. The number of hydrogen-bond acceptors (Lipinski definition) is 7. The molecule has 0 radical (unpaired) electrons. The van der Waals surface area contributed by atoms with Gasteiger partial charge in [0, 0.05) is 96.2 Å². The zero-order valence-electron chi connectivity index (χ0n) is 28.9. The van der Waals surface area contributed by atoms with Gasteiger partial charge in [0.1, 0.15) is 13.7 Å². The molecule has 2 aromatic carbocycles. The molecule has 4 amide bonds. The number of halogens is 4. The predicted molar refractivity (Wildman–Crippen MR) is 204 cm³/mol. The zero-order valence-corrected chi connectivity index (χ0v) is 32.7. The van der Waals surface area contributed by atoms with Gasteiger partial charge < -0.3 is 29.3 Å². The topological polar surface area (TPSA) is 106 Å². The summed E-state index contributed by atoms with van der Waals surface area (Å²) in [5.41, 5.74) is 1.90. The Kier molecular flexibility index (Phi) is 14.3. The number of carbonyl (C=O) groups is 3. The third-order valence-corrected chi connectivity index (χ3v) is 12.2. The molecule has 3 fully saturated rings. The van der Waals surface area contributed by atoms with E-state index in [4.69, 9.17) is 51.2 Å². The Morgan fingerprint density at radius 3 is 2.29 bits per heavy atom. The van der Waals surface area contributed by atoms with Crippen molar-refractivity contribution in [1.29, 1.82) is 0 Å². The number of nitrogens with zero attached hydrogens (tertiary/aromatic N) is 6. The first-order chi connectivity index (χ1) is 24.4. The molecule has 3 saturated heterocycles. The molecule has 0 N–H and O–H groups in total. The van der Waals surface area contributed by atoms with E-state index in [1.807, 2.05) is 17.0 Å². The molecule has 0 aliphatic carbocycles. The molecule has 3 aliphatic heterocycles. The minimum atomic E-state index is -0.865. The number of carbonyl (C=O) groups excluding carboxylic acids is 3. The van der Waals surface area contributed by atoms with E-state index in [1.165, 1.54) is 7.11 Å². The first kappa shape index (κ1) is 39.6. The Morgan fingerprint density at radius 1 is 0.961 bits per heavy atom.